The zero-order valence-electron chi connectivity index (χ0n) is 32.8. The number of aromatic amines is 1. The molecule has 0 spiro atoms. The number of likely N-dealkylation sites (tertiary alicyclic amines) is 1. The first-order valence-corrected chi connectivity index (χ1v) is 19.0. The maximum absolute atomic E-state index is 14.2. The van der Waals surface area contributed by atoms with Gasteiger partial charge in [0.1, 0.15) is 30.2 Å². The van der Waals surface area contributed by atoms with Crippen molar-refractivity contribution >= 4 is 47.4 Å². The molecule has 1 aliphatic heterocycles. The second kappa shape index (κ2) is 23.4. The Morgan fingerprint density at radius 3 is 1.82 bits per heavy atom. The van der Waals surface area contributed by atoms with Crippen molar-refractivity contribution in [2.45, 2.75) is 122 Å². The van der Waals surface area contributed by atoms with E-state index in [2.05, 4.69) is 41.2 Å². The standard InChI is InChI=1S/C35H62N14O7/c1-19(2)14-25(47-28(50)22(36)16-21-17-41-18-44-21)30(52)48-26(15-20(3)4)29(51)45-23(8-5-11-42-34(37)38)32(54)49-13-7-10-27(49)31(53)46-24(33(55)56)9-6-12-43-35(39)40/h17-20,22-27H,5-16,36H2,1-4H3,(H,41,44)(H,45,51)(H,46,53)(H,47,50)(H,48,52)(H,55,56)(H4,37,38,42)(H4,39,40,43)/t22-,23-,24-,25-,26-,27-/m0/s1. The van der Waals surface area contributed by atoms with Crippen molar-refractivity contribution in [3.05, 3.63) is 18.2 Å². The fourth-order valence-corrected chi connectivity index (χ4v) is 6.25. The first kappa shape index (κ1) is 46.7. The Balaban J connectivity index is 2.27. The lowest BCUT2D eigenvalue weighted by atomic mass is 9.99. The van der Waals surface area contributed by atoms with Crippen molar-refractivity contribution in [3.63, 3.8) is 0 Å². The number of nitrogens with one attached hydrogen (secondary N) is 5. The number of carboxylic acid groups (broad SMARTS) is 1. The van der Waals surface area contributed by atoms with Crippen LogP contribution in [-0.2, 0) is 35.2 Å². The molecule has 1 fully saturated rings. The van der Waals surface area contributed by atoms with Crippen LogP contribution >= 0.6 is 0 Å². The van der Waals surface area contributed by atoms with Gasteiger partial charge < -0.3 is 64.9 Å². The first-order valence-electron chi connectivity index (χ1n) is 19.0. The molecular weight excluding hydrogens is 728 g/mol. The molecule has 0 bridgehead atoms. The summed E-state index contributed by atoms with van der Waals surface area (Å²) in [5.41, 5.74) is 28.4. The highest BCUT2D eigenvalue weighted by atomic mass is 16.4. The number of carbonyl (C=O) groups is 6. The largest absolute Gasteiger partial charge is 0.480 e. The van der Waals surface area contributed by atoms with Crippen molar-refractivity contribution < 1.29 is 33.9 Å². The molecule has 0 radical (unpaired) electrons. The van der Waals surface area contributed by atoms with Crippen LogP contribution in [0.1, 0.15) is 84.8 Å². The van der Waals surface area contributed by atoms with Gasteiger partial charge in [0, 0.05) is 37.9 Å². The molecule has 1 aliphatic rings. The lowest BCUT2D eigenvalue weighted by Crippen LogP contribution is -2.59. The number of guanidine groups is 2. The Hall–Kier alpha value is -5.47. The zero-order chi connectivity index (χ0) is 41.9. The minimum Gasteiger partial charge on any atom is -0.480 e. The third-order valence-electron chi connectivity index (χ3n) is 8.97. The summed E-state index contributed by atoms with van der Waals surface area (Å²) in [5.74, 6) is -4.64. The van der Waals surface area contributed by atoms with E-state index in [4.69, 9.17) is 28.7 Å². The van der Waals surface area contributed by atoms with Crippen molar-refractivity contribution in [2.24, 2.45) is 50.5 Å². The Morgan fingerprint density at radius 1 is 0.821 bits per heavy atom. The topological polar surface area (TPSA) is 358 Å². The highest BCUT2D eigenvalue weighted by molar-refractivity contribution is 5.96. The number of rotatable bonds is 24. The fraction of sp³-hybridized carbons (Fsp3) is 0.686. The third kappa shape index (κ3) is 16.5. The number of imidazole rings is 1. The van der Waals surface area contributed by atoms with Gasteiger partial charge >= 0.3 is 5.97 Å². The van der Waals surface area contributed by atoms with Gasteiger partial charge in [-0.05, 0) is 63.2 Å². The molecule has 21 heteroatoms. The predicted octanol–water partition coefficient (Wildman–Crippen LogP) is -2.51. The van der Waals surface area contributed by atoms with Crippen LogP contribution in [0.4, 0.5) is 0 Å². The van der Waals surface area contributed by atoms with Gasteiger partial charge in [-0.3, -0.25) is 34.0 Å². The zero-order valence-corrected chi connectivity index (χ0v) is 32.8. The maximum Gasteiger partial charge on any atom is 0.326 e. The van der Waals surface area contributed by atoms with Crippen molar-refractivity contribution in [2.75, 3.05) is 19.6 Å². The Bertz CT molecular complexity index is 1510. The molecule has 21 nitrogen and oxygen atoms in total. The Kier molecular flexibility index (Phi) is 19.5. The number of amides is 5. The lowest BCUT2D eigenvalue weighted by Gasteiger charge is -2.31. The second-order valence-electron chi connectivity index (χ2n) is 14.8. The molecular formula is C35H62N14O7. The van der Waals surface area contributed by atoms with Crippen LogP contribution in [0.25, 0.3) is 0 Å². The summed E-state index contributed by atoms with van der Waals surface area (Å²) >= 11 is 0. The SMILES string of the molecule is CC(C)C[C@H](NC(=O)[C@H](CC(C)C)NC(=O)[C@@H](N)Cc1cnc[nH]1)C(=O)N[C@@H](CCCN=C(N)N)C(=O)N1CCC[C@H]1C(=O)N[C@@H](CCCN=C(N)N)C(=O)O. The summed E-state index contributed by atoms with van der Waals surface area (Å²) in [6.45, 7) is 8.01. The smallest absolute Gasteiger partial charge is 0.326 e. The monoisotopic (exact) mass is 790 g/mol. The van der Waals surface area contributed by atoms with Crippen molar-refractivity contribution in [1.29, 1.82) is 0 Å². The van der Waals surface area contributed by atoms with E-state index in [9.17, 15) is 33.9 Å². The van der Waals surface area contributed by atoms with Gasteiger partial charge in [-0.1, -0.05) is 27.7 Å². The minimum absolute atomic E-state index is 0.0134. The Morgan fingerprint density at radius 2 is 1.34 bits per heavy atom. The molecule has 0 aliphatic carbocycles. The number of hydrogen-bond acceptors (Lipinski definition) is 10. The van der Waals surface area contributed by atoms with E-state index >= 15 is 0 Å². The van der Waals surface area contributed by atoms with E-state index in [1.54, 1.807) is 6.20 Å². The van der Waals surface area contributed by atoms with Crippen LogP contribution < -0.4 is 49.9 Å². The molecule has 5 amide bonds. The highest BCUT2D eigenvalue weighted by Gasteiger charge is 2.39. The van der Waals surface area contributed by atoms with Crippen molar-refractivity contribution in [1.82, 2.24) is 36.1 Å². The van der Waals surface area contributed by atoms with Crippen LogP contribution in [0.15, 0.2) is 22.5 Å². The lowest BCUT2D eigenvalue weighted by molar-refractivity contribution is -0.145. The van der Waals surface area contributed by atoms with Gasteiger partial charge in [-0.15, -0.1) is 0 Å². The molecule has 2 rings (SSSR count). The van der Waals surface area contributed by atoms with E-state index in [0.717, 1.165) is 0 Å². The van der Waals surface area contributed by atoms with E-state index in [1.165, 1.54) is 11.2 Å². The summed E-state index contributed by atoms with van der Waals surface area (Å²) in [6, 6.07) is -6.49. The van der Waals surface area contributed by atoms with Crippen LogP contribution in [0.5, 0.6) is 0 Å². The molecule has 56 heavy (non-hydrogen) atoms. The predicted molar refractivity (Wildman–Crippen MR) is 209 cm³/mol. The van der Waals surface area contributed by atoms with E-state index in [0.29, 0.717) is 12.1 Å². The number of aromatic nitrogens is 2. The van der Waals surface area contributed by atoms with Crippen LogP contribution in [-0.4, -0.2) is 123 Å². The number of aliphatic carboxylic acids is 1. The molecule has 0 unspecified atom stereocenters. The van der Waals surface area contributed by atoms with E-state index in [1.807, 2.05) is 27.7 Å². The average molecular weight is 791 g/mol. The van der Waals surface area contributed by atoms with E-state index < -0.39 is 71.8 Å². The molecule has 16 N–H and O–H groups in total. The average Bonchev–Trinajstić information content (AvgIpc) is 3.82. The van der Waals surface area contributed by atoms with E-state index in [-0.39, 0.29) is 94.8 Å². The van der Waals surface area contributed by atoms with Gasteiger partial charge in [0.15, 0.2) is 11.9 Å². The normalized spacial score (nSPS) is 16.6. The van der Waals surface area contributed by atoms with Crippen LogP contribution in [0.3, 0.4) is 0 Å². The number of nitrogens with zero attached hydrogens (tertiary/aromatic N) is 4. The Labute approximate surface area is 327 Å². The molecule has 1 aromatic heterocycles. The molecule has 0 aromatic carbocycles. The third-order valence-corrected chi connectivity index (χ3v) is 8.97. The van der Waals surface area contributed by atoms with Gasteiger partial charge in [-0.25, -0.2) is 9.78 Å². The summed E-state index contributed by atoms with van der Waals surface area (Å²) in [6.07, 6.45) is 5.05. The number of hydrogen-bond donors (Lipinski definition) is 11. The van der Waals surface area contributed by atoms with Gasteiger partial charge in [-0.2, -0.15) is 0 Å². The quantitative estimate of drug-likeness (QED) is 0.0293. The fourth-order valence-electron chi connectivity index (χ4n) is 6.25. The van der Waals surface area contributed by atoms with Crippen molar-refractivity contribution in [3.8, 4) is 0 Å². The summed E-state index contributed by atoms with van der Waals surface area (Å²) in [7, 11) is 0. The minimum atomic E-state index is -1.26. The highest BCUT2D eigenvalue weighted by Crippen LogP contribution is 2.21. The molecule has 314 valence electrons. The number of carbonyl (C=O) groups excluding carboxylic acids is 5. The molecule has 2 heterocycles. The van der Waals surface area contributed by atoms with Crippen LogP contribution in [0.2, 0.25) is 0 Å². The number of aliphatic imine (C=N–C) groups is 2. The van der Waals surface area contributed by atoms with Gasteiger partial charge in [0.2, 0.25) is 29.5 Å². The maximum atomic E-state index is 14.2. The first-order chi connectivity index (χ1) is 26.4. The van der Waals surface area contributed by atoms with Gasteiger partial charge in [0.25, 0.3) is 0 Å². The molecule has 1 aromatic rings. The summed E-state index contributed by atoms with van der Waals surface area (Å²) in [5, 5.41) is 20.6. The number of carboxylic acids is 1. The molecule has 1 saturated heterocycles. The second-order valence-corrected chi connectivity index (χ2v) is 14.8. The number of nitrogens with two attached hydrogens (primary N) is 5. The summed E-state index contributed by atoms with van der Waals surface area (Å²) in [4.78, 5) is 96.3. The molecule has 0 saturated carbocycles. The number of H-pyrrole nitrogens is 1. The summed E-state index contributed by atoms with van der Waals surface area (Å²) < 4.78 is 0. The molecule has 6 atom stereocenters. The van der Waals surface area contributed by atoms with Gasteiger partial charge in [0.05, 0.1) is 12.4 Å². The van der Waals surface area contributed by atoms with Crippen LogP contribution in [0, 0.1) is 11.8 Å².